The maximum absolute atomic E-state index is 14.5. The van der Waals surface area contributed by atoms with Gasteiger partial charge in [-0.2, -0.15) is 0 Å². The summed E-state index contributed by atoms with van der Waals surface area (Å²) in [6.07, 6.45) is 0.965. The van der Waals surface area contributed by atoms with Crippen LogP contribution in [0.1, 0.15) is 30.0 Å². The summed E-state index contributed by atoms with van der Waals surface area (Å²) in [5.41, 5.74) is 2.87. The van der Waals surface area contributed by atoms with Crippen molar-refractivity contribution < 1.29 is 18.0 Å². The van der Waals surface area contributed by atoms with E-state index < -0.39 is 28.5 Å². The second kappa shape index (κ2) is 15.2. The van der Waals surface area contributed by atoms with Crippen LogP contribution in [0.5, 0.6) is 0 Å². The Hall–Kier alpha value is -3.85. The highest BCUT2D eigenvalue weighted by molar-refractivity contribution is 7.92. The molecule has 10 heteroatoms. The number of carbonyl (C=O) groups excluding carboxylic acids is 2. The highest BCUT2D eigenvalue weighted by Gasteiger charge is 2.34. The van der Waals surface area contributed by atoms with Gasteiger partial charge < -0.3 is 10.2 Å². The molecule has 0 radical (unpaired) electrons. The number of nitrogens with zero attached hydrogens (tertiary/aromatic N) is 2. The third kappa shape index (κ3) is 8.40. The van der Waals surface area contributed by atoms with Crippen LogP contribution >= 0.6 is 23.2 Å². The summed E-state index contributed by atoms with van der Waals surface area (Å²) < 4.78 is 29.1. The van der Waals surface area contributed by atoms with Crippen LogP contribution in [0.3, 0.4) is 0 Å². The van der Waals surface area contributed by atoms with Crippen LogP contribution in [-0.2, 0) is 32.6 Å². The van der Waals surface area contributed by atoms with Gasteiger partial charge in [0.2, 0.25) is 11.8 Å². The monoisotopic (exact) mass is 651 g/mol. The van der Waals surface area contributed by atoms with Crippen LogP contribution in [0.4, 0.5) is 5.69 Å². The van der Waals surface area contributed by atoms with Crippen LogP contribution in [-0.4, -0.2) is 44.3 Å². The molecule has 2 amide bonds. The Kier molecular flexibility index (Phi) is 11.4. The molecular formula is C34H35Cl2N3O4S. The average molecular weight is 653 g/mol. The molecule has 0 heterocycles. The minimum absolute atomic E-state index is 0.0401. The first-order chi connectivity index (χ1) is 21.1. The third-order valence-electron chi connectivity index (χ3n) is 7.20. The molecule has 0 aromatic heterocycles. The van der Waals surface area contributed by atoms with Crippen molar-refractivity contribution in [1.29, 1.82) is 0 Å². The number of hydrogen-bond acceptors (Lipinski definition) is 4. The molecule has 4 rings (SSSR count). The van der Waals surface area contributed by atoms with Gasteiger partial charge in [-0.05, 0) is 72.5 Å². The smallest absolute Gasteiger partial charge is 0.264 e. The van der Waals surface area contributed by atoms with Crippen molar-refractivity contribution in [3.05, 3.63) is 130 Å². The lowest BCUT2D eigenvalue weighted by Gasteiger charge is -2.34. The number of rotatable bonds is 13. The fraction of sp³-hybridized carbons (Fsp3) is 0.235. The minimum atomic E-state index is -4.25. The molecule has 44 heavy (non-hydrogen) atoms. The number of amides is 2. The van der Waals surface area contributed by atoms with E-state index in [0.717, 1.165) is 27.4 Å². The molecule has 0 unspecified atom stereocenters. The number of halogens is 2. The van der Waals surface area contributed by atoms with E-state index in [-0.39, 0.29) is 29.5 Å². The normalized spacial score (nSPS) is 11.9. The third-order valence-corrected chi connectivity index (χ3v) is 9.47. The van der Waals surface area contributed by atoms with E-state index in [1.54, 1.807) is 18.2 Å². The number of nitrogens with one attached hydrogen (secondary N) is 1. The average Bonchev–Trinajstić information content (AvgIpc) is 3.01. The van der Waals surface area contributed by atoms with Crippen LogP contribution in [0, 0.1) is 6.92 Å². The Morgan fingerprint density at radius 2 is 1.52 bits per heavy atom. The Balaban J connectivity index is 1.80. The van der Waals surface area contributed by atoms with Crippen molar-refractivity contribution in [3.63, 3.8) is 0 Å². The quantitative estimate of drug-likeness (QED) is 0.175. The fourth-order valence-electron chi connectivity index (χ4n) is 4.78. The lowest BCUT2D eigenvalue weighted by atomic mass is 10.0. The summed E-state index contributed by atoms with van der Waals surface area (Å²) in [5, 5.41) is 3.63. The summed E-state index contributed by atoms with van der Waals surface area (Å²) in [6.45, 7) is 3.87. The molecule has 1 atom stereocenters. The first-order valence-corrected chi connectivity index (χ1v) is 16.5. The van der Waals surface area contributed by atoms with Crippen molar-refractivity contribution in [2.75, 3.05) is 17.4 Å². The predicted molar refractivity (Wildman–Crippen MR) is 176 cm³/mol. The van der Waals surface area contributed by atoms with E-state index in [0.29, 0.717) is 16.6 Å². The number of aryl methyl sites for hydroxylation is 1. The molecular weight excluding hydrogens is 617 g/mol. The Morgan fingerprint density at radius 3 is 2.18 bits per heavy atom. The van der Waals surface area contributed by atoms with E-state index in [2.05, 4.69) is 5.32 Å². The molecule has 0 saturated carbocycles. The van der Waals surface area contributed by atoms with E-state index in [1.165, 1.54) is 35.2 Å². The van der Waals surface area contributed by atoms with Gasteiger partial charge in [-0.3, -0.25) is 13.9 Å². The Bertz CT molecular complexity index is 1680. The molecule has 0 spiro atoms. The Morgan fingerprint density at radius 1 is 0.841 bits per heavy atom. The van der Waals surface area contributed by atoms with Gasteiger partial charge in [-0.25, -0.2) is 8.42 Å². The fourth-order valence-corrected chi connectivity index (χ4v) is 6.50. The molecule has 0 aliphatic heterocycles. The molecule has 0 bridgehead atoms. The summed E-state index contributed by atoms with van der Waals surface area (Å²) in [5.74, 6) is -0.856. The van der Waals surface area contributed by atoms with Gasteiger partial charge in [-0.1, -0.05) is 90.8 Å². The molecule has 4 aromatic carbocycles. The lowest BCUT2D eigenvalue weighted by molar-refractivity contribution is -0.140. The topological polar surface area (TPSA) is 86.8 Å². The molecule has 7 nitrogen and oxygen atoms in total. The zero-order valence-electron chi connectivity index (χ0n) is 24.6. The Labute approximate surface area is 269 Å². The van der Waals surface area contributed by atoms with Crippen molar-refractivity contribution in [3.8, 4) is 0 Å². The molecule has 230 valence electrons. The van der Waals surface area contributed by atoms with Gasteiger partial charge in [0.1, 0.15) is 12.6 Å². The summed E-state index contributed by atoms with van der Waals surface area (Å²) in [4.78, 5) is 29.6. The van der Waals surface area contributed by atoms with E-state index >= 15 is 0 Å². The van der Waals surface area contributed by atoms with Crippen molar-refractivity contribution in [2.24, 2.45) is 0 Å². The number of anilines is 1. The molecule has 4 aromatic rings. The second-order valence-corrected chi connectivity index (χ2v) is 13.1. The molecule has 0 saturated heterocycles. The van der Waals surface area contributed by atoms with E-state index in [1.807, 2.05) is 68.4 Å². The van der Waals surface area contributed by atoms with E-state index in [4.69, 9.17) is 23.2 Å². The molecule has 0 aliphatic carbocycles. The van der Waals surface area contributed by atoms with Gasteiger partial charge in [0.05, 0.1) is 10.6 Å². The number of benzene rings is 4. The summed E-state index contributed by atoms with van der Waals surface area (Å²) >= 11 is 12.3. The minimum Gasteiger partial charge on any atom is -0.354 e. The largest absolute Gasteiger partial charge is 0.354 e. The zero-order chi connectivity index (χ0) is 31.7. The molecule has 0 fully saturated rings. The van der Waals surface area contributed by atoms with Gasteiger partial charge in [0.25, 0.3) is 10.0 Å². The van der Waals surface area contributed by atoms with Gasteiger partial charge >= 0.3 is 0 Å². The van der Waals surface area contributed by atoms with Gasteiger partial charge in [-0.15, -0.1) is 0 Å². The molecule has 1 N–H and O–H groups in total. The summed E-state index contributed by atoms with van der Waals surface area (Å²) in [6, 6.07) is 28.2. The summed E-state index contributed by atoms with van der Waals surface area (Å²) in [7, 11) is -4.25. The highest BCUT2D eigenvalue weighted by atomic mass is 35.5. The van der Waals surface area contributed by atoms with Crippen LogP contribution in [0.2, 0.25) is 10.0 Å². The molecule has 0 aliphatic rings. The second-order valence-electron chi connectivity index (χ2n) is 10.4. The van der Waals surface area contributed by atoms with Crippen molar-refractivity contribution >= 4 is 50.7 Å². The highest BCUT2D eigenvalue weighted by Crippen LogP contribution is 2.28. The van der Waals surface area contributed by atoms with Gasteiger partial charge in [0.15, 0.2) is 0 Å². The number of sulfonamides is 1. The zero-order valence-corrected chi connectivity index (χ0v) is 26.9. The standard InChI is InChI=1S/C34H35Cl2N3O4S/c1-3-20-37-34(41)32(21-26-11-5-4-6-12-26)38(23-27-13-8-7-10-25(27)2)33(40)24-39(30-15-9-14-29(36)22-30)44(42,43)31-18-16-28(35)17-19-31/h4-19,22,32H,3,20-21,23-24H2,1-2H3,(H,37,41)/t32-/m1/s1. The van der Waals surface area contributed by atoms with Crippen LogP contribution in [0.25, 0.3) is 0 Å². The van der Waals surface area contributed by atoms with Crippen molar-refractivity contribution in [2.45, 2.75) is 44.2 Å². The number of hydrogen-bond donors (Lipinski definition) is 1. The van der Waals surface area contributed by atoms with Crippen LogP contribution in [0.15, 0.2) is 108 Å². The maximum atomic E-state index is 14.5. The lowest BCUT2D eigenvalue weighted by Crippen LogP contribution is -2.53. The first kappa shape index (κ1) is 33.1. The first-order valence-electron chi connectivity index (χ1n) is 14.3. The SMILES string of the molecule is CCCNC(=O)[C@@H](Cc1ccccc1)N(Cc1ccccc1C)C(=O)CN(c1cccc(Cl)c1)S(=O)(=O)c1ccc(Cl)cc1. The van der Waals surface area contributed by atoms with Crippen LogP contribution < -0.4 is 9.62 Å². The maximum Gasteiger partial charge on any atom is 0.264 e. The van der Waals surface area contributed by atoms with E-state index in [9.17, 15) is 18.0 Å². The number of carbonyl (C=O) groups is 2. The van der Waals surface area contributed by atoms with Gasteiger partial charge in [0, 0.05) is 29.6 Å². The predicted octanol–water partition coefficient (Wildman–Crippen LogP) is 6.66. The van der Waals surface area contributed by atoms with Crippen molar-refractivity contribution in [1.82, 2.24) is 10.2 Å².